The molecule has 114 valence electrons. The summed E-state index contributed by atoms with van der Waals surface area (Å²) in [6.45, 7) is 4.89. The third-order valence-corrected chi connectivity index (χ3v) is 4.34. The topological polar surface area (TPSA) is 47.1 Å². The van der Waals surface area contributed by atoms with E-state index in [-0.39, 0.29) is 0 Å². The standard InChI is InChI=1S/C17H20N4O/c1-13-9-18-21(10-13)11-14-5-4-8-20(14)12-17-19-15-6-2-3-7-16(15)22-17/h2-3,6-7,9-10,14H,4-5,8,11-12H2,1H3/t14-/m0/s1. The van der Waals surface area contributed by atoms with Crippen LogP contribution in [0.5, 0.6) is 0 Å². The molecule has 0 unspecified atom stereocenters. The van der Waals surface area contributed by atoms with Crippen molar-refractivity contribution in [2.75, 3.05) is 6.54 Å². The third-order valence-electron chi connectivity index (χ3n) is 4.34. The van der Waals surface area contributed by atoms with Crippen LogP contribution in [-0.4, -0.2) is 32.3 Å². The number of nitrogens with zero attached hydrogens (tertiary/aromatic N) is 4. The molecule has 0 spiro atoms. The van der Waals surface area contributed by atoms with E-state index in [1.807, 2.05) is 35.1 Å². The highest BCUT2D eigenvalue weighted by Crippen LogP contribution is 2.23. The van der Waals surface area contributed by atoms with Crippen LogP contribution in [0.4, 0.5) is 0 Å². The second-order valence-corrected chi connectivity index (χ2v) is 6.08. The van der Waals surface area contributed by atoms with Crippen molar-refractivity contribution in [3.8, 4) is 0 Å². The average Bonchev–Trinajstić information content (AvgIpc) is 3.20. The van der Waals surface area contributed by atoms with E-state index in [0.717, 1.165) is 36.6 Å². The van der Waals surface area contributed by atoms with Crippen LogP contribution in [0.1, 0.15) is 24.3 Å². The Morgan fingerprint density at radius 2 is 2.23 bits per heavy atom. The summed E-state index contributed by atoms with van der Waals surface area (Å²) in [7, 11) is 0. The van der Waals surface area contributed by atoms with Gasteiger partial charge in [-0.1, -0.05) is 12.1 Å². The fourth-order valence-electron chi connectivity index (χ4n) is 3.25. The zero-order chi connectivity index (χ0) is 14.9. The first-order valence-electron chi connectivity index (χ1n) is 7.85. The molecule has 1 fully saturated rings. The van der Waals surface area contributed by atoms with E-state index in [1.54, 1.807) is 0 Å². The van der Waals surface area contributed by atoms with Crippen molar-refractivity contribution in [3.63, 3.8) is 0 Å². The highest BCUT2D eigenvalue weighted by molar-refractivity contribution is 5.72. The molecular formula is C17H20N4O. The predicted octanol–water partition coefficient (Wildman–Crippen LogP) is 3.00. The molecule has 0 N–H and O–H groups in total. The number of benzene rings is 1. The van der Waals surface area contributed by atoms with Crippen LogP contribution in [0, 0.1) is 6.92 Å². The minimum atomic E-state index is 0.509. The first-order chi connectivity index (χ1) is 10.8. The minimum absolute atomic E-state index is 0.509. The van der Waals surface area contributed by atoms with Gasteiger partial charge >= 0.3 is 0 Å². The monoisotopic (exact) mass is 296 g/mol. The highest BCUT2D eigenvalue weighted by atomic mass is 16.3. The van der Waals surface area contributed by atoms with Crippen LogP contribution < -0.4 is 0 Å². The van der Waals surface area contributed by atoms with Crippen LogP contribution >= 0.6 is 0 Å². The number of aryl methyl sites for hydroxylation is 1. The molecule has 22 heavy (non-hydrogen) atoms. The molecule has 3 heterocycles. The van der Waals surface area contributed by atoms with Crippen LogP contribution in [0.25, 0.3) is 11.1 Å². The van der Waals surface area contributed by atoms with E-state index >= 15 is 0 Å². The molecule has 1 saturated heterocycles. The molecule has 5 heteroatoms. The normalized spacial score (nSPS) is 19.2. The Bertz CT molecular complexity index is 743. The molecule has 3 aromatic rings. The van der Waals surface area contributed by atoms with Crippen LogP contribution in [0.3, 0.4) is 0 Å². The average molecular weight is 296 g/mol. The van der Waals surface area contributed by atoms with E-state index in [1.165, 1.54) is 18.4 Å². The third kappa shape index (κ3) is 2.64. The highest BCUT2D eigenvalue weighted by Gasteiger charge is 2.26. The van der Waals surface area contributed by atoms with Gasteiger partial charge in [-0.2, -0.15) is 5.10 Å². The fourth-order valence-corrected chi connectivity index (χ4v) is 3.25. The molecule has 5 nitrogen and oxygen atoms in total. The molecule has 0 amide bonds. The summed E-state index contributed by atoms with van der Waals surface area (Å²) in [4.78, 5) is 7.05. The van der Waals surface area contributed by atoms with Gasteiger partial charge in [-0.05, 0) is 44.0 Å². The van der Waals surface area contributed by atoms with Crippen molar-refractivity contribution < 1.29 is 4.42 Å². The maximum Gasteiger partial charge on any atom is 0.209 e. The van der Waals surface area contributed by atoms with Crippen LogP contribution in [0.15, 0.2) is 41.1 Å². The summed E-state index contributed by atoms with van der Waals surface area (Å²) in [5, 5.41) is 4.41. The summed E-state index contributed by atoms with van der Waals surface area (Å²) >= 11 is 0. The molecule has 1 aromatic carbocycles. The molecule has 0 bridgehead atoms. The van der Waals surface area contributed by atoms with Gasteiger partial charge in [-0.25, -0.2) is 4.98 Å². The van der Waals surface area contributed by atoms with Gasteiger partial charge in [-0.15, -0.1) is 0 Å². The lowest BCUT2D eigenvalue weighted by Gasteiger charge is -2.22. The number of oxazole rings is 1. The molecule has 1 atom stereocenters. The van der Waals surface area contributed by atoms with Crippen molar-refractivity contribution in [3.05, 3.63) is 48.1 Å². The maximum absolute atomic E-state index is 5.86. The molecule has 1 aliphatic rings. The Kier molecular flexibility index (Phi) is 3.42. The number of fused-ring (bicyclic) bond motifs is 1. The molecule has 0 aliphatic carbocycles. The summed E-state index contributed by atoms with van der Waals surface area (Å²) in [6.07, 6.45) is 6.46. The molecule has 0 saturated carbocycles. The summed E-state index contributed by atoms with van der Waals surface area (Å²) < 4.78 is 7.90. The summed E-state index contributed by atoms with van der Waals surface area (Å²) in [6, 6.07) is 8.45. The summed E-state index contributed by atoms with van der Waals surface area (Å²) in [5.74, 6) is 0.810. The SMILES string of the molecule is Cc1cnn(C[C@@H]2CCCN2Cc2nc3ccccc3o2)c1. The zero-order valence-electron chi connectivity index (χ0n) is 12.8. The first-order valence-corrected chi connectivity index (χ1v) is 7.85. The number of hydrogen-bond acceptors (Lipinski definition) is 4. The van der Waals surface area contributed by atoms with Gasteiger partial charge in [0.05, 0.1) is 19.3 Å². The van der Waals surface area contributed by atoms with Gasteiger partial charge in [-0.3, -0.25) is 9.58 Å². The number of aromatic nitrogens is 3. The number of hydrogen-bond donors (Lipinski definition) is 0. The van der Waals surface area contributed by atoms with Crippen molar-refractivity contribution in [1.82, 2.24) is 19.7 Å². The van der Waals surface area contributed by atoms with Crippen LogP contribution in [0.2, 0.25) is 0 Å². The van der Waals surface area contributed by atoms with E-state index in [4.69, 9.17) is 4.42 Å². The number of likely N-dealkylation sites (tertiary alicyclic amines) is 1. The zero-order valence-corrected chi connectivity index (χ0v) is 12.8. The second kappa shape index (κ2) is 5.57. The van der Waals surface area contributed by atoms with Gasteiger partial charge < -0.3 is 4.42 Å². The Morgan fingerprint density at radius 1 is 1.32 bits per heavy atom. The van der Waals surface area contributed by atoms with E-state index in [0.29, 0.717) is 6.04 Å². The largest absolute Gasteiger partial charge is 0.439 e. The Labute approximate surface area is 129 Å². The second-order valence-electron chi connectivity index (χ2n) is 6.08. The summed E-state index contributed by atoms with van der Waals surface area (Å²) in [5.41, 5.74) is 3.02. The minimum Gasteiger partial charge on any atom is -0.439 e. The quantitative estimate of drug-likeness (QED) is 0.742. The van der Waals surface area contributed by atoms with Crippen molar-refractivity contribution in [1.29, 1.82) is 0 Å². The molecule has 4 rings (SSSR count). The van der Waals surface area contributed by atoms with Gasteiger partial charge in [0.2, 0.25) is 5.89 Å². The Balaban J connectivity index is 1.48. The maximum atomic E-state index is 5.86. The van der Waals surface area contributed by atoms with Crippen molar-refractivity contribution in [2.45, 2.75) is 38.9 Å². The first kappa shape index (κ1) is 13.5. The smallest absolute Gasteiger partial charge is 0.209 e. The van der Waals surface area contributed by atoms with E-state index in [9.17, 15) is 0 Å². The lowest BCUT2D eigenvalue weighted by atomic mass is 10.2. The lowest BCUT2D eigenvalue weighted by Crippen LogP contribution is -2.32. The Hall–Kier alpha value is -2.14. The predicted molar refractivity (Wildman–Crippen MR) is 84.4 cm³/mol. The van der Waals surface area contributed by atoms with Crippen LogP contribution in [-0.2, 0) is 13.1 Å². The van der Waals surface area contributed by atoms with Gasteiger partial charge in [0, 0.05) is 12.2 Å². The van der Waals surface area contributed by atoms with Crippen molar-refractivity contribution in [2.24, 2.45) is 0 Å². The van der Waals surface area contributed by atoms with Crippen molar-refractivity contribution >= 4 is 11.1 Å². The fraction of sp³-hybridized carbons (Fsp3) is 0.412. The Morgan fingerprint density at radius 3 is 3.05 bits per heavy atom. The number of rotatable bonds is 4. The molecular weight excluding hydrogens is 276 g/mol. The van der Waals surface area contributed by atoms with E-state index < -0.39 is 0 Å². The number of para-hydroxylation sites is 2. The molecule has 0 radical (unpaired) electrons. The van der Waals surface area contributed by atoms with Gasteiger partial charge in [0.1, 0.15) is 5.52 Å². The molecule has 2 aromatic heterocycles. The van der Waals surface area contributed by atoms with Gasteiger partial charge in [0.25, 0.3) is 0 Å². The van der Waals surface area contributed by atoms with E-state index in [2.05, 4.69) is 28.1 Å². The molecule has 1 aliphatic heterocycles. The van der Waals surface area contributed by atoms with Gasteiger partial charge in [0.15, 0.2) is 5.58 Å². The lowest BCUT2D eigenvalue weighted by molar-refractivity contribution is 0.201.